The molecule has 13 heavy (non-hydrogen) atoms. The van der Waals surface area contributed by atoms with Gasteiger partial charge < -0.3 is 0 Å². The van der Waals surface area contributed by atoms with Gasteiger partial charge in [0.05, 0.1) is 0 Å². The molecule has 0 fully saturated rings. The van der Waals surface area contributed by atoms with Crippen molar-refractivity contribution in [1.29, 1.82) is 0 Å². The predicted octanol–water partition coefficient (Wildman–Crippen LogP) is 1.90. The molecule has 0 unspecified atom stereocenters. The van der Waals surface area contributed by atoms with Crippen molar-refractivity contribution in [2.45, 2.75) is 24.7 Å². The maximum absolute atomic E-state index is 5.18. The third kappa shape index (κ3) is 2.22. The zero-order chi connectivity index (χ0) is 10.0. The predicted molar refractivity (Wildman–Crippen MR) is 59.7 cm³/mol. The molecular weight excluding hydrogens is 247 g/mol. The second-order valence-corrected chi connectivity index (χ2v) is 4.49. The van der Waals surface area contributed by atoms with Gasteiger partial charge in [-0.15, -0.1) is 0 Å². The summed E-state index contributed by atoms with van der Waals surface area (Å²) in [6, 6.07) is 4.04. The third-order valence-electron chi connectivity index (χ3n) is 1.97. The second-order valence-electron chi connectivity index (χ2n) is 3.19. The Hall–Kier alpha value is -0.111. The van der Waals surface area contributed by atoms with Crippen molar-refractivity contribution in [3.05, 3.63) is 17.7 Å². The SMILES string of the molecule is COc1ccc(C(C)C)c(S)c1[Se-]. The van der Waals surface area contributed by atoms with Crippen LogP contribution in [0.15, 0.2) is 17.0 Å². The van der Waals surface area contributed by atoms with Gasteiger partial charge in [0, 0.05) is 0 Å². The first-order valence-corrected chi connectivity index (χ1v) is 5.45. The molecule has 1 rings (SSSR count). The van der Waals surface area contributed by atoms with Gasteiger partial charge >= 0.3 is 93.1 Å². The summed E-state index contributed by atoms with van der Waals surface area (Å²) in [6.45, 7) is 4.31. The molecule has 3 heteroatoms. The third-order valence-corrected chi connectivity index (χ3v) is 3.64. The normalized spacial score (nSPS) is 10.5. The molecule has 0 atom stereocenters. The molecule has 0 heterocycles. The van der Waals surface area contributed by atoms with Crippen LogP contribution in [0, 0.1) is 0 Å². The molecule has 0 aliphatic heterocycles. The second kappa shape index (κ2) is 4.41. The number of rotatable bonds is 2. The molecule has 0 aliphatic rings. The van der Waals surface area contributed by atoms with Crippen LogP contribution in [0.2, 0.25) is 0 Å². The molecule has 0 amide bonds. The Labute approximate surface area is 93.1 Å². The quantitative estimate of drug-likeness (QED) is 0.631. The fourth-order valence-corrected chi connectivity index (χ4v) is 2.20. The van der Waals surface area contributed by atoms with Gasteiger partial charge in [-0.05, 0) is 0 Å². The van der Waals surface area contributed by atoms with Crippen LogP contribution in [-0.2, 0) is 0 Å². The Morgan fingerprint density at radius 2 is 2.00 bits per heavy atom. The zero-order valence-corrected chi connectivity index (χ0v) is 10.6. The average molecular weight is 260 g/mol. The van der Waals surface area contributed by atoms with Gasteiger partial charge in [-0.2, -0.15) is 0 Å². The van der Waals surface area contributed by atoms with Gasteiger partial charge in [-0.1, -0.05) is 0 Å². The van der Waals surface area contributed by atoms with Crippen LogP contribution < -0.4 is 9.20 Å². The molecule has 0 saturated carbocycles. The molecule has 0 aromatic heterocycles. The summed E-state index contributed by atoms with van der Waals surface area (Å²) in [6.07, 6.45) is 0. The minimum atomic E-state index is 0.491. The number of hydrogen-bond donors (Lipinski definition) is 1. The van der Waals surface area contributed by atoms with E-state index in [1.54, 1.807) is 7.11 Å². The Balaban J connectivity index is 3.23. The van der Waals surface area contributed by atoms with Crippen molar-refractivity contribution >= 4 is 33.1 Å². The van der Waals surface area contributed by atoms with E-state index in [1.807, 2.05) is 6.07 Å². The molecular formula is C10H13OSSe-. The van der Waals surface area contributed by atoms with E-state index in [1.165, 1.54) is 5.56 Å². The summed E-state index contributed by atoms with van der Waals surface area (Å²) in [5.74, 6) is 1.35. The first-order valence-electron chi connectivity index (χ1n) is 4.14. The summed E-state index contributed by atoms with van der Waals surface area (Å²) in [4.78, 5) is 0.995. The van der Waals surface area contributed by atoms with Crippen molar-refractivity contribution in [2.75, 3.05) is 7.11 Å². The molecule has 1 aromatic carbocycles. The number of hydrogen-bond acceptors (Lipinski definition) is 2. The van der Waals surface area contributed by atoms with E-state index in [9.17, 15) is 0 Å². The standard InChI is InChI=1S/C10H14OSSe/c1-6(2)7-4-5-8(11-3)10(13)9(7)12/h4-6,12-13H,1-3H3/p-1. The average Bonchev–Trinajstić information content (AvgIpc) is 2.09. The van der Waals surface area contributed by atoms with E-state index in [2.05, 4.69) is 48.6 Å². The molecule has 1 nitrogen and oxygen atoms in total. The molecule has 0 bridgehead atoms. The van der Waals surface area contributed by atoms with Gasteiger partial charge in [-0.3, -0.25) is 0 Å². The number of thiol groups is 1. The van der Waals surface area contributed by atoms with Crippen molar-refractivity contribution in [1.82, 2.24) is 0 Å². The van der Waals surface area contributed by atoms with Gasteiger partial charge in [-0.25, -0.2) is 0 Å². The summed E-state index contributed by atoms with van der Waals surface area (Å²) >= 11 is 7.45. The van der Waals surface area contributed by atoms with Gasteiger partial charge in [0.15, 0.2) is 0 Å². The first-order chi connectivity index (χ1) is 6.07. The van der Waals surface area contributed by atoms with Crippen LogP contribution in [0.5, 0.6) is 5.75 Å². The number of benzene rings is 1. The van der Waals surface area contributed by atoms with Crippen molar-refractivity contribution in [3.8, 4) is 5.75 Å². The molecule has 1 aromatic rings. The Kier molecular flexibility index (Phi) is 3.72. The van der Waals surface area contributed by atoms with Gasteiger partial charge in [0.2, 0.25) is 0 Å². The van der Waals surface area contributed by atoms with Crippen molar-refractivity contribution in [2.24, 2.45) is 0 Å². The topological polar surface area (TPSA) is 9.23 Å². The van der Waals surface area contributed by atoms with E-state index in [-0.39, 0.29) is 0 Å². The monoisotopic (exact) mass is 261 g/mol. The van der Waals surface area contributed by atoms with E-state index >= 15 is 0 Å². The molecule has 0 spiro atoms. The molecule has 72 valence electrons. The van der Waals surface area contributed by atoms with E-state index in [0.29, 0.717) is 5.92 Å². The van der Waals surface area contributed by atoms with Crippen molar-refractivity contribution in [3.63, 3.8) is 0 Å². The maximum atomic E-state index is 5.18. The fourth-order valence-electron chi connectivity index (χ4n) is 1.19. The summed E-state index contributed by atoms with van der Waals surface area (Å²) < 4.78 is 6.18. The summed E-state index contributed by atoms with van der Waals surface area (Å²) in [5.41, 5.74) is 1.25. The Morgan fingerprint density at radius 1 is 1.38 bits per heavy atom. The van der Waals surface area contributed by atoms with Crippen molar-refractivity contribution < 1.29 is 4.74 Å². The van der Waals surface area contributed by atoms with Gasteiger partial charge in [0.25, 0.3) is 0 Å². The molecule has 0 aliphatic carbocycles. The molecule has 0 N–H and O–H groups in total. The summed E-state index contributed by atoms with van der Waals surface area (Å²) in [7, 11) is 1.67. The van der Waals surface area contributed by atoms with E-state index in [4.69, 9.17) is 4.74 Å². The summed E-state index contributed by atoms with van der Waals surface area (Å²) in [5, 5.41) is 0. The van der Waals surface area contributed by atoms with E-state index < -0.39 is 0 Å². The molecule has 0 saturated heterocycles. The van der Waals surface area contributed by atoms with Crippen LogP contribution in [0.1, 0.15) is 25.3 Å². The number of methoxy groups -OCH3 is 1. The molecule has 0 radical (unpaired) electrons. The Bertz CT molecular complexity index is 310. The zero-order valence-electron chi connectivity index (χ0n) is 8.00. The van der Waals surface area contributed by atoms with Crippen LogP contribution in [-0.4, -0.2) is 23.1 Å². The van der Waals surface area contributed by atoms with Crippen LogP contribution in [0.3, 0.4) is 0 Å². The fraction of sp³-hybridized carbons (Fsp3) is 0.400. The number of ether oxygens (including phenoxy) is 1. The van der Waals surface area contributed by atoms with E-state index in [0.717, 1.165) is 15.1 Å². The van der Waals surface area contributed by atoms with Gasteiger partial charge in [0.1, 0.15) is 0 Å². The van der Waals surface area contributed by atoms with Crippen LogP contribution in [0.4, 0.5) is 0 Å². The Morgan fingerprint density at radius 3 is 2.46 bits per heavy atom. The first kappa shape index (κ1) is 11.0. The van der Waals surface area contributed by atoms with Crippen LogP contribution >= 0.6 is 12.6 Å². The van der Waals surface area contributed by atoms with Crippen LogP contribution in [0.25, 0.3) is 0 Å². The minimum absolute atomic E-state index is 0.491.